The summed E-state index contributed by atoms with van der Waals surface area (Å²) in [5, 5.41) is 10.0. The van der Waals surface area contributed by atoms with Crippen LogP contribution in [-0.2, 0) is 16.1 Å². The number of hydrogen-bond acceptors (Lipinski definition) is 5. The van der Waals surface area contributed by atoms with Crippen LogP contribution in [0.2, 0.25) is 0 Å². The molecule has 0 radical (unpaired) electrons. The fourth-order valence-electron chi connectivity index (χ4n) is 3.58. The fourth-order valence-corrected chi connectivity index (χ4v) is 3.58. The van der Waals surface area contributed by atoms with Crippen molar-refractivity contribution in [2.45, 2.75) is 45.3 Å². The molecule has 2 amide bonds. The number of benzene rings is 1. The third-order valence-corrected chi connectivity index (χ3v) is 6.15. The molecule has 1 saturated heterocycles. The second-order valence-electron chi connectivity index (χ2n) is 9.13. The van der Waals surface area contributed by atoms with Gasteiger partial charge in [0.15, 0.2) is 0 Å². The maximum Gasteiger partial charge on any atom is 0.314 e. The Morgan fingerprint density at radius 2 is 1.90 bits per heavy atom. The zero-order valence-electron chi connectivity index (χ0n) is 19.2. The number of likely N-dealkylation sites (tertiary alicyclic amines) is 1. The molecule has 31 heavy (non-hydrogen) atoms. The molecule has 1 unspecified atom stereocenters. The average molecular weight is 427 g/mol. The van der Waals surface area contributed by atoms with Crippen LogP contribution in [0.1, 0.15) is 37.4 Å². The van der Waals surface area contributed by atoms with Gasteiger partial charge in [0.2, 0.25) is 0 Å². The zero-order valence-corrected chi connectivity index (χ0v) is 19.2. The van der Waals surface area contributed by atoms with Crippen molar-refractivity contribution in [3.63, 3.8) is 0 Å². The Labute approximate surface area is 184 Å². The summed E-state index contributed by atoms with van der Waals surface area (Å²) >= 11 is 0. The summed E-state index contributed by atoms with van der Waals surface area (Å²) in [6.07, 6.45) is 2.68. The third kappa shape index (κ3) is 5.71. The van der Waals surface area contributed by atoms with E-state index in [0.29, 0.717) is 12.4 Å². The molecule has 1 aromatic heterocycles. The topological polar surface area (TPSA) is 82.5 Å². The molecule has 0 aliphatic carbocycles. The van der Waals surface area contributed by atoms with Crippen molar-refractivity contribution >= 4 is 17.6 Å². The highest BCUT2D eigenvalue weighted by Crippen LogP contribution is 2.27. The van der Waals surface area contributed by atoms with Gasteiger partial charge in [-0.1, -0.05) is 30.3 Å². The van der Waals surface area contributed by atoms with E-state index in [-0.39, 0.29) is 11.6 Å². The Bertz CT molecular complexity index is 906. The second-order valence-corrected chi connectivity index (χ2v) is 9.13. The van der Waals surface area contributed by atoms with Crippen LogP contribution < -0.4 is 10.6 Å². The molecule has 8 heteroatoms. The molecule has 2 heterocycles. The van der Waals surface area contributed by atoms with E-state index in [0.717, 1.165) is 31.6 Å². The van der Waals surface area contributed by atoms with E-state index in [4.69, 9.17) is 0 Å². The summed E-state index contributed by atoms with van der Waals surface area (Å²) in [7, 11) is 3.88. The van der Waals surface area contributed by atoms with Gasteiger partial charge >= 0.3 is 11.8 Å². The first-order valence-corrected chi connectivity index (χ1v) is 10.7. The first-order chi connectivity index (χ1) is 14.7. The number of nitrogens with zero attached hydrogens (tertiary/aromatic N) is 4. The number of anilines is 1. The molecule has 1 aliphatic heterocycles. The number of hydrogen-bond donors (Lipinski definition) is 2. The predicted octanol–water partition coefficient (Wildman–Crippen LogP) is 2.03. The Hall–Kier alpha value is -2.71. The Balaban J connectivity index is 1.61. The van der Waals surface area contributed by atoms with Crippen molar-refractivity contribution in [1.82, 2.24) is 24.9 Å². The van der Waals surface area contributed by atoms with E-state index in [9.17, 15) is 9.59 Å². The number of nitrogens with one attached hydrogen (secondary N) is 2. The molecule has 168 valence electrons. The van der Waals surface area contributed by atoms with Crippen molar-refractivity contribution in [1.29, 1.82) is 0 Å². The van der Waals surface area contributed by atoms with Gasteiger partial charge in [-0.15, -0.1) is 0 Å². The van der Waals surface area contributed by atoms with Crippen LogP contribution in [0, 0.1) is 6.92 Å². The highest BCUT2D eigenvalue weighted by Gasteiger charge is 2.28. The van der Waals surface area contributed by atoms with Gasteiger partial charge in [-0.3, -0.25) is 14.5 Å². The molecule has 1 atom stereocenters. The summed E-state index contributed by atoms with van der Waals surface area (Å²) in [6.45, 7) is 8.99. The fraction of sp³-hybridized carbons (Fsp3) is 0.522. The number of carbonyl (C=O) groups excluding carboxylic acids is 2. The second kappa shape index (κ2) is 9.62. The summed E-state index contributed by atoms with van der Waals surface area (Å²) < 4.78 is 1.86. The van der Waals surface area contributed by atoms with Crippen molar-refractivity contribution in [2.24, 2.45) is 0 Å². The van der Waals surface area contributed by atoms with Crippen LogP contribution in [0.3, 0.4) is 0 Å². The van der Waals surface area contributed by atoms with Gasteiger partial charge in [0.1, 0.15) is 5.82 Å². The molecule has 2 N–H and O–H groups in total. The van der Waals surface area contributed by atoms with Crippen LogP contribution in [0.4, 0.5) is 5.82 Å². The van der Waals surface area contributed by atoms with Crippen LogP contribution in [-0.4, -0.2) is 70.7 Å². The molecule has 0 saturated carbocycles. The van der Waals surface area contributed by atoms with Gasteiger partial charge < -0.3 is 15.5 Å². The molecule has 3 rings (SSSR count). The van der Waals surface area contributed by atoms with E-state index >= 15 is 0 Å². The molecular formula is C23H34N6O2. The summed E-state index contributed by atoms with van der Waals surface area (Å²) in [6, 6.07) is 10.6. The van der Waals surface area contributed by atoms with Crippen LogP contribution in [0.5, 0.6) is 0 Å². The van der Waals surface area contributed by atoms with Crippen molar-refractivity contribution in [3.8, 4) is 0 Å². The molecule has 2 aromatic rings. The van der Waals surface area contributed by atoms with E-state index in [1.54, 1.807) is 6.20 Å². The van der Waals surface area contributed by atoms with Gasteiger partial charge in [0.05, 0.1) is 12.2 Å². The number of carbonyl (C=O) groups is 2. The molecule has 0 bridgehead atoms. The summed E-state index contributed by atoms with van der Waals surface area (Å²) in [5.41, 5.74) is 1.88. The molecular weight excluding hydrogens is 392 g/mol. The molecule has 1 aliphatic rings. The maximum absolute atomic E-state index is 12.5. The first-order valence-electron chi connectivity index (χ1n) is 10.7. The number of aromatic nitrogens is 2. The lowest BCUT2D eigenvalue weighted by Gasteiger charge is -2.32. The molecule has 1 aromatic carbocycles. The van der Waals surface area contributed by atoms with Gasteiger partial charge in [-0.25, -0.2) is 4.68 Å². The molecule has 8 nitrogen and oxygen atoms in total. The van der Waals surface area contributed by atoms with Crippen molar-refractivity contribution < 1.29 is 9.59 Å². The number of amides is 2. The Morgan fingerprint density at radius 1 is 1.19 bits per heavy atom. The van der Waals surface area contributed by atoms with E-state index in [1.165, 1.54) is 5.56 Å². The molecule has 1 fully saturated rings. The summed E-state index contributed by atoms with van der Waals surface area (Å²) in [4.78, 5) is 29.3. The lowest BCUT2D eigenvalue weighted by Crippen LogP contribution is -2.50. The Morgan fingerprint density at radius 3 is 2.58 bits per heavy atom. The summed E-state index contributed by atoms with van der Waals surface area (Å²) in [5.74, 6) is -0.712. The molecule has 0 spiro atoms. The van der Waals surface area contributed by atoms with E-state index in [2.05, 4.69) is 44.9 Å². The van der Waals surface area contributed by atoms with E-state index < -0.39 is 11.8 Å². The Kier molecular flexibility index (Phi) is 7.12. The van der Waals surface area contributed by atoms with Gasteiger partial charge in [0.25, 0.3) is 0 Å². The zero-order chi connectivity index (χ0) is 22.6. The number of likely N-dealkylation sites (N-methyl/N-ethyl adjacent to an activating group) is 1. The normalized spacial score (nSPS) is 17.2. The monoisotopic (exact) mass is 426 g/mol. The minimum atomic E-state index is -0.668. The maximum atomic E-state index is 12.5. The standard InChI is InChI=1S/C23H34N6O2/c1-17-13-25-29(19-11-12-28(15-19)14-18-9-7-6-8-10-18)20(17)26-22(31)21(30)24-16-23(2,3)27(4)5/h6-10,13,19H,11-12,14-16H2,1-5H3,(H,24,30)(H,26,31). The largest absolute Gasteiger partial charge is 0.346 e. The quantitative estimate of drug-likeness (QED) is 0.662. The minimum Gasteiger partial charge on any atom is -0.346 e. The van der Waals surface area contributed by atoms with Crippen molar-refractivity contribution in [3.05, 3.63) is 47.7 Å². The highest BCUT2D eigenvalue weighted by atomic mass is 16.2. The highest BCUT2D eigenvalue weighted by molar-refractivity contribution is 6.39. The lowest BCUT2D eigenvalue weighted by atomic mass is 10.0. The van der Waals surface area contributed by atoms with Crippen LogP contribution in [0.25, 0.3) is 0 Å². The third-order valence-electron chi connectivity index (χ3n) is 6.15. The predicted molar refractivity (Wildman–Crippen MR) is 122 cm³/mol. The number of rotatable bonds is 7. The number of aryl methyl sites for hydroxylation is 1. The minimum absolute atomic E-state index is 0.156. The van der Waals surface area contributed by atoms with Crippen LogP contribution >= 0.6 is 0 Å². The average Bonchev–Trinajstić information content (AvgIpc) is 3.33. The van der Waals surface area contributed by atoms with Gasteiger partial charge in [-0.05, 0) is 46.9 Å². The lowest BCUT2D eigenvalue weighted by molar-refractivity contribution is -0.136. The SMILES string of the molecule is Cc1cnn(C2CCN(Cc3ccccc3)C2)c1NC(=O)C(=O)NCC(C)(C)N(C)C. The first kappa shape index (κ1) is 23.0. The van der Waals surface area contributed by atoms with E-state index in [1.807, 2.05) is 50.5 Å². The van der Waals surface area contributed by atoms with Gasteiger partial charge in [0, 0.05) is 37.3 Å². The smallest absolute Gasteiger partial charge is 0.314 e. The van der Waals surface area contributed by atoms with Crippen LogP contribution in [0.15, 0.2) is 36.5 Å². The van der Waals surface area contributed by atoms with Gasteiger partial charge in [-0.2, -0.15) is 5.10 Å². The van der Waals surface area contributed by atoms with Crippen molar-refractivity contribution in [2.75, 3.05) is 39.0 Å².